The fraction of sp³-hybridized carbons (Fsp3) is 0.947. The molecular formula is C19H38N6+2. The minimum absolute atomic E-state index is 0.0689. The molecule has 1 saturated carbocycles. The van der Waals surface area contributed by atoms with Crippen molar-refractivity contribution in [3.63, 3.8) is 0 Å². The molecule has 2 heterocycles. The third kappa shape index (κ3) is 4.22. The van der Waals surface area contributed by atoms with Crippen LogP contribution in [0.15, 0.2) is 0 Å². The summed E-state index contributed by atoms with van der Waals surface area (Å²) in [6.45, 7) is 16.3. The minimum Gasteiger partial charge on any atom is -0.323 e. The Morgan fingerprint density at radius 2 is 1.64 bits per heavy atom. The number of nitrogens with one attached hydrogen (secondary N) is 2. The summed E-state index contributed by atoms with van der Waals surface area (Å²) in [6.07, 6.45) is 7.23. The number of aromatic nitrogens is 4. The number of rotatable bonds is 4. The maximum absolute atomic E-state index is 4.46. The highest BCUT2D eigenvalue weighted by Crippen LogP contribution is 2.21. The number of nitrogens with zero attached hydrogens (tertiary/aromatic N) is 4. The molecule has 2 aliphatic rings. The first-order valence-corrected chi connectivity index (χ1v) is 10.4. The maximum atomic E-state index is 4.46. The highest BCUT2D eigenvalue weighted by Gasteiger charge is 2.39. The molecule has 1 saturated heterocycles. The summed E-state index contributed by atoms with van der Waals surface area (Å²) in [5.41, 5.74) is -0.0689. The quantitative estimate of drug-likeness (QED) is 0.818. The fourth-order valence-electron chi connectivity index (χ4n) is 4.94. The highest BCUT2D eigenvalue weighted by atomic mass is 15.6. The molecule has 2 N–H and O–H groups in total. The molecule has 1 aliphatic heterocycles. The standard InChI is InChI=1S/C19H36N6/c1-15(2)17(18-20-21-22-25(18)19(3,4)5)24-13-11-23(12-14-24)16-9-7-6-8-10-16/h15-17H,6-14H2,1-5H3/p+2/t17-/m0/s1. The van der Waals surface area contributed by atoms with E-state index in [9.17, 15) is 0 Å². The molecule has 142 valence electrons. The van der Waals surface area contributed by atoms with Crippen LogP contribution in [0, 0.1) is 5.92 Å². The Bertz CT molecular complexity index is 532. The molecule has 0 aromatic carbocycles. The average molecular weight is 351 g/mol. The van der Waals surface area contributed by atoms with Crippen molar-refractivity contribution in [2.24, 2.45) is 5.92 Å². The summed E-state index contributed by atoms with van der Waals surface area (Å²) in [4.78, 5) is 3.54. The smallest absolute Gasteiger partial charge is 0.210 e. The van der Waals surface area contributed by atoms with Crippen molar-refractivity contribution < 1.29 is 9.80 Å². The molecule has 1 aromatic heterocycles. The molecule has 2 fully saturated rings. The lowest BCUT2D eigenvalue weighted by Gasteiger charge is -2.39. The second-order valence-electron chi connectivity index (χ2n) is 9.49. The van der Waals surface area contributed by atoms with E-state index in [0.29, 0.717) is 12.0 Å². The molecule has 3 rings (SSSR count). The highest BCUT2D eigenvalue weighted by molar-refractivity contribution is 4.93. The number of tetrazole rings is 1. The molecule has 6 nitrogen and oxygen atoms in total. The molecular weight excluding hydrogens is 312 g/mol. The van der Waals surface area contributed by atoms with Crippen LogP contribution in [-0.2, 0) is 5.54 Å². The van der Waals surface area contributed by atoms with Crippen LogP contribution in [0.2, 0.25) is 0 Å². The molecule has 1 atom stereocenters. The Balaban J connectivity index is 1.70. The third-order valence-electron chi connectivity index (χ3n) is 6.23. The van der Waals surface area contributed by atoms with E-state index in [1.807, 2.05) is 9.58 Å². The van der Waals surface area contributed by atoms with E-state index in [0.717, 1.165) is 11.9 Å². The van der Waals surface area contributed by atoms with Gasteiger partial charge in [-0.1, -0.05) is 20.3 Å². The molecule has 6 heteroatoms. The monoisotopic (exact) mass is 350 g/mol. The first-order chi connectivity index (χ1) is 11.9. The van der Waals surface area contributed by atoms with Crippen LogP contribution in [-0.4, -0.2) is 52.4 Å². The molecule has 1 aliphatic carbocycles. The number of quaternary nitrogens is 2. The summed E-state index contributed by atoms with van der Waals surface area (Å²) in [6, 6.07) is 1.31. The zero-order valence-electron chi connectivity index (χ0n) is 16.9. The van der Waals surface area contributed by atoms with Crippen molar-refractivity contribution in [2.75, 3.05) is 26.2 Å². The van der Waals surface area contributed by atoms with E-state index < -0.39 is 0 Å². The normalized spacial score (nSPS) is 27.6. The van der Waals surface area contributed by atoms with Crippen LogP contribution in [0.1, 0.15) is 78.6 Å². The summed E-state index contributed by atoms with van der Waals surface area (Å²) in [7, 11) is 0. The SMILES string of the molecule is CC(C)[C@@H](c1nnnn1C(C)(C)C)[NH+]1CC[NH+](C2CCCCC2)CC1. The molecule has 25 heavy (non-hydrogen) atoms. The van der Waals surface area contributed by atoms with Crippen LogP contribution in [0.4, 0.5) is 0 Å². The van der Waals surface area contributed by atoms with Gasteiger partial charge in [-0.15, -0.1) is 5.10 Å². The van der Waals surface area contributed by atoms with Gasteiger partial charge in [0.05, 0.1) is 11.6 Å². The Labute approximate surface area is 152 Å². The third-order valence-corrected chi connectivity index (χ3v) is 6.23. The van der Waals surface area contributed by atoms with Gasteiger partial charge in [-0.3, -0.25) is 0 Å². The van der Waals surface area contributed by atoms with E-state index in [1.165, 1.54) is 58.3 Å². The molecule has 0 radical (unpaired) electrons. The zero-order valence-corrected chi connectivity index (χ0v) is 16.9. The molecule has 0 bridgehead atoms. The molecule has 0 unspecified atom stereocenters. The zero-order chi connectivity index (χ0) is 18.0. The fourth-order valence-corrected chi connectivity index (χ4v) is 4.94. The van der Waals surface area contributed by atoms with Crippen molar-refractivity contribution in [3.8, 4) is 0 Å². The first-order valence-electron chi connectivity index (χ1n) is 10.4. The van der Waals surface area contributed by atoms with Crippen LogP contribution in [0.5, 0.6) is 0 Å². The molecule has 0 spiro atoms. The summed E-state index contributed by atoms with van der Waals surface area (Å²) >= 11 is 0. The number of hydrogen-bond donors (Lipinski definition) is 2. The Morgan fingerprint density at radius 1 is 1.00 bits per heavy atom. The van der Waals surface area contributed by atoms with Gasteiger partial charge in [0.15, 0.2) is 6.04 Å². The second kappa shape index (κ2) is 7.70. The Hall–Kier alpha value is -1.01. The van der Waals surface area contributed by atoms with Crippen molar-refractivity contribution >= 4 is 0 Å². The number of piperazine rings is 1. The number of hydrogen-bond acceptors (Lipinski definition) is 3. The van der Waals surface area contributed by atoms with Gasteiger partial charge in [0.2, 0.25) is 5.82 Å². The summed E-state index contributed by atoms with van der Waals surface area (Å²) in [5, 5.41) is 12.8. The van der Waals surface area contributed by atoms with Crippen molar-refractivity contribution in [2.45, 2.75) is 84.3 Å². The minimum atomic E-state index is -0.0689. The van der Waals surface area contributed by atoms with Gasteiger partial charge in [-0.2, -0.15) is 0 Å². The predicted molar refractivity (Wildman–Crippen MR) is 98.7 cm³/mol. The van der Waals surface area contributed by atoms with Gasteiger partial charge in [0, 0.05) is 5.92 Å². The lowest BCUT2D eigenvalue weighted by molar-refractivity contribution is -1.04. The van der Waals surface area contributed by atoms with Gasteiger partial charge < -0.3 is 9.80 Å². The van der Waals surface area contributed by atoms with Crippen LogP contribution in [0.3, 0.4) is 0 Å². The summed E-state index contributed by atoms with van der Waals surface area (Å²) < 4.78 is 2.05. The van der Waals surface area contributed by atoms with Crippen LogP contribution < -0.4 is 9.80 Å². The lowest BCUT2D eigenvalue weighted by atomic mass is 9.93. The van der Waals surface area contributed by atoms with Gasteiger partial charge in [0.25, 0.3) is 0 Å². The topological polar surface area (TPSA) is 52.5 Å². The first kappa shape index (κ1) is 18.8. The van der Waals surface area contributed by atoms with Crippen molar-refractivity contribution in [1.29, 1.82) is 0 Å². The Morgan fingerprint density at radius 3 is 2.20 bits per heavy atom. The van der Waals surface area contributed by atoms with Gasteiger partial charge in [0.1, 0.15) is 26.2 Å². The van der Waals surface area contributed by atoms with E-state index in [-0.39, 0.29) is 5.54 Å². The largest absolute Gasteiger partial charge is 0.323 e. The maximum Gasteiger partial charge on any atom is 0.210 e. The van der Waals surface area contributed by atoms with E-state index >= 15 is 0 Å². The van der Waals surface area contributed by atoms with Crippen molar-refractivity contribution in [3.05, 3.63) is 5.82 Å². The Kier molecular flexibility index (Phi) is 5.78. The van der Waals surface area contributed by atoms with Crippen LogP contribution in [0.25, 0.3) is 0 Å². The van der Waals surface area contributed by atoms with E-state index in [4.69, 9.17) is 0 Å². The van der Waals surface area contributed by atoms with Crippen LogP contribution >= 0.6 is 0 Å². The molecule has 1 aromatic rings. The average Bonchev–Trinajstić information content (AvgIpc) is 3.06. The van der Waals surface area contributed by atoms with E-state index in [1.54, 1.807) is 4.90 Å². The van der Waals surface area contributed by atoms with Crippen molar-refractivity contribution in [1.82, 2.24) is 20.2 Å². The predicted octanol–water partition coefficient (Wildman–Crippen LogP) is 0.241. The van der Waals surface area contributed by atoms with Gasteiger partial charge in [-0.05, 0) is 56.9 Å². The second-order valence-corrected chi connectivity index (χ2v) is 9.49. The summed E-state index contributed by atoms with van der Waals surface area (Å²) in [5.74, 6) is 1.61. The lowest BCUT2D eigenvalue weighted by Crippen LogP contribution is -3.30. The molecule has 0 amide bonds. The van der Waals surface area contributed by atoms with Gasteiger partial charge in [-0.25, -0.2) is 4.68 Å². The van der Waals surface area contributed by atoms with Gasteiger partial charge >= 0.3 is 0 Å². The van der Waals surface area contributed by atoms with E-state index in [2.05, 4.69) is 50.1 Å².